The number of urea groups is 1. The van der Waals surface area contributed by atoms with Crippen LogP contribution in [0.15, 0.2) is 36.7 Å². The lowest BCUT2D eigenvalue weighted by Gasteiger charge is -2.27. The minimum atomic E-state index is -0.380. The van der Waals surface area contributed by atoms with E-state index in [-0.39, 0.29) is 6.03 Å². The highest BCUT2D eigenvalue weighted by Crippen LogP contribution is 2.18. The maximum atomic E-state index is 12.1. The number of carbonyl (C=O) groups excluding carboxylic acids is 1. The molecular formula is C16H19N5O3. The molecule has 1 saturated heterocycles. The van der Waals surface area contributed by atoms with Crippen LogP contribution in [0.4, 0.5) is 22.1 Å². The van der Waals surface area contributed by atoms with Crippen molar-refractivity contribution in [3.8, 4) is 5.75 Å². The zero-order valence-corrected chi connectivity index (χ0v) is 13.4. The van der Waals surface area contributed by atoms with Gasteiger partial charge in [0.25, 0.3) is 0 Å². The molecule has 8 nitrogen and oxygen atoms in total. The molecule has 24 heavy (non-hydrogen) atoms. The summed E-state index contributed by atoms with van der Waals surface area (Å²) in [5, 5.41) is 5.45. The molecule has 1 aromatic heterocycles. The summed E-state index contributed by atoms with van der Waals surface area (Å²) in [6.07, 6.45) is 1.44. The van der Waals surface area contributed by atoms with Gasteiger partial charge in [0.2, 0.25) is 0 Å². The first-order valence-corrected chi connectivity index (χ1v) is 7.61. The summed E-state index contributed by atoms with van der Waals surface area (Å²) in [5.41, 5.74) is 0.634. The van der Waals surface area contributed by atoms with Gasteiger partial charge in [0.05, 0.1) is 20.3 Å². The second-order valence-corrected chi connectivity index (χ2v) is 5.17. The largest absolute Gasteiger partial charge is 0.497 e. The van der Waals surface area contributed by atoms with Crippen LogP contribution in [0.25, 0.3) is 0 Å². The first-order valence-electron chi connectivity index (χ1n) is 7.61. The quantitative estimate of drug-likeness (QED) is 0.891. The van der Waals surface area contributed by atoms with E-state index >= 15 is 0 Å². The van der Waals surface area contributed by atoms with Crippen molar-refractivity contribution in [1.29, 1.82) is 0 Å². The van der Waals surface area contributed by atoms with E-state index in [1.165, 1.54) is 6.33 Å². The van der Waals surface area contributed by atoms with Gasteiger partial charge in [-0.3, -0.25) is 5.32 Å². The SMILES string of the molecule is COc1cccc(NC(=O)Nc2cc(N3CCOCC3)ncn2)c1. The van der Waals surface area contributed by atoms with Crippen LogP contribution in [0.2, 0.25) is 0 Å². The van der Waals surface area contributed by atoms with Crippen molar-refractivity contribution in [1.82, 2.24) is 9.97 Å². The molecule has 2 heterocycles. The number of hydrogen-bond donors (Lipinski definition) is 2. The van der Waals surface area contributed by atoms with Crippen LogP contribution in [-0.4, -0.2) is 49.4 Å². The lowest BCUT2D eigenvalue weighted by atomic mass is 10.3. The van der Waals surface area contributed by atoms with E-state index in [1.807, 2.05) is 6.07 Å². The van der Waals surface area contributed by atoms with Crippen molar-refractivity contribution in [2.24, 2.45) is 0 Å². The van der Waals surface area contributed by atoms with Crippen LogP contribution in [0.5, 0.6) is 5.75 Å². The second kappa shape index (κ2) is 7.60. The molecule has 0 bridgehead atoms. The number of anilines is 3. The summed E-state index contributed by atoms with van der Waals surface area (Å²) >= 11 is 0. The number of hydrogen-bond acceptors (Lipinski definition) is 6. The summed E-state index contributed by atoms with van der Waals surface area (Å²) < 4.78 is 10.5. The van der Waals surface area contributed by atoms with Gasteiger partial charge in [-0.15, -0.1) is 0 Å². The van der Waals surface area contributed by atoms with Crippen molar-refractivity contribution >= 4 is 23.4 Å². The molecule has 8 heteroatoms. The molecule has 0 atom stereocenters. The predicted octanol–water partition coefficient (Wildman–Crippen LogP) is 1.97. The van der Waals surface area contributed by atoms with Gasteiger partial charge < -0.3 is 19.7 Å². The number of methoxy groups -OCH3 is 1. The third-order valence-corrected chi connectivity index (χ3v) is 3.56. The maximum Gasteiger partial charge on any atom is 0.324 e. The number of rotatable bonds is 4. The molecule has 1 aliphatic heterocycles. The second-order valence-electron chi connectivity index (χ2n) is 5.17. The smallest absolute Gasteiger partial charge is 0.324 e. The van der Waals surface area contributed by atoms with Crippen molar-refractivity contribution in [2.45, 2.75) is 0 Å². The highest BCUT2D eigenvalue weighted by Gasteiger charge is 2.13. The maximum absolute atomic E-state index is 12.1. The Morgan fingerprint density at radius 2 is 2.04 bits per heavy atom. The Labute approximate surface area is 139 Å². The van der Waals surface area contributed by atoms with E-state index in [0.29, 0.717) is 30.5 Å². The number of amides is 2. The lowest BCUT2D eigenvalue weighted by Crippen LogP contribution is -2.36. The monoisotopic (exact) mass is 329 g/mol. The van der Waals surface area contributed by atoms with Gasteiger partial charge in [0, 0.05) is 30.9 Å². The lowest BCUT2D eigenvalue weighted by molar-refractivity contribution is 0.122. The fourth-order valence-corrected chi connectivity index (χ4v) is 2.36. The molecule has 2 aromatic rings. The normalized spacial score (nSPS) is 14.1. The number of benzene rings is 1. The third kappa shape index (κ3) is 4.11. The molecular weight excluding hydrogens is 310 g/mol. The van der Waals surface area contributed by atoms with Gasteiger partial charge >= 0.3 is 6.03 Å². The van der Waals surface area contributed by atoms with E-state index in [4.69, 9.17) is 9.47 Å². The Bertz CT molecular complexity index is 704. The fourth-order valence-electron chi connectivity index (χ4n) is 2.36. The summed E-state index contributed by atoms with van der Waals surface area (Å²) in [6, 6.07) is 8.49. The van der Waals surface area contributed by atoms with Crippen LogP contribution >= 0.6 is 0 Å². The molecule has 0 spiro atoms. The summed E-state index contributed by atoms with van der Waals surface area (Å²) in [7, 11) is 1.58. The highest BCUT2D eigenvalue weighted by atomic mass is 16.5. The van der Waals surface area contributed by atoms with Crippen molar-refractivity contribution < 1.29 is 14.3 Å². The van der Waals surface area contributed by atoms with Gasteiger partial charge in [0.15, 0.2) is 0 Å². The Kier molecular flexibility index (Phi) is 5.07. The van der Waals surface area contributed by atoms with E-state index in [9.17, 15) is 4.79 Å². The zero-order chi connectivity index (χ0) is 16.8. The standard InChI is InChI=1S/C16H19N5O3/c1-23-13-4-2-3-12(9-13)19-16(22)20-14-10-15(18-11-17-14)21-5-7-24-8-6-21/h2-4,9-11H,5-8H2,1H3,(H2,17,18,19,20,22). The van der Waals surface area contributed by atoms with E-state index < -0.39 is 0 Å². The number of carbonyl (C=O) groups is 1. The van der Waals surface area contributed by atoms with Crippen LogP contribution in [0, 0.1) is 0 Å². The summed E-state index contributed by atoms with van der Waals surface area (Å²) in [4.78, 5) is 22.5. The van der Waals surface area contributed by atoms with Gasteiger partial charge in [-0.25, -0.2) is 14.8 Å². The highest BCUT2D eigenvalue weighted by molar-refractivity contribution is 5.99. The molecule has 0 aliphatic carbocycles. The number of nitrogens with zero attached hydrogens (tertiary/aromatic N) is 3. The van der Waals surface area contributed by atoms with Gasteiger partial charge in [-0.1, -0.05) is 6.07 Å². The fraction of sp³-hybridized carbons (Fsp3) is 0.312. The molecule has 2 amide bonds. The molecule has 0 radical (unpaired) electrons. The Hall–Kier alpha value is -2.87. The third-order valence-electron chi connectivity index (χ3n) is 3.56. The molecule has 1 aromatic carbocycles. The molecule has 1 fully saturated rings. The van der Waals surface area contributed by atoms with Crippen LogP contribution in [-0.2, 0) is 4.74 Å². The average Bonchev–Trinajstić information content (AvgIpc) is 2.63. The summed E-state index contributed by atoms with van der Waals surface area (Å²) in [6.45, 7) is 2.88. The van der Waals surface area contributed by atoms with E-state index in [1.54, 1.807) is 31.4 Å². The number of ether oxygens (including phenoxy) is 2. The van der Waals surface area contributed by atoms with Gasteiger partial charge in [-0.2, -0.15) is 0 Å². The summed E-state index contributed by atoms with van der Waals surface area (Å²) in [5.74, 6) is 1.88. The molecule has 0 saturated carbocycles. The molecule has 0 unspecified atom stereocenters. The Morgan fingerprint density at radius 1 is 1.21 bits per heavy atom. The van der Waals surface area contributed by atoms with Crippen LogP contribution in [0.3, 0.4) is 0 Å². The Morgan fingerprint density at radius 3 is 2.83 bits per heavy atom. The van der Waals surface area contributed by atoms with Gasteiger partial charge in [-0.05, 0) is 12.1 Å². The van der Waals surface area contributed by atoms with Gasteiger partial charge in [0.1, 0.15) is 23.7 Å². The van der Waals surface area contributed by atoms with Crippen molar-refractivity contribution in [2.75, 3.05) is 48.9 Å². The first-order chi connectivity index (χ1) is 11.7. The zero-order valence-electron chi connectivity index (χ0n) is 13.4. The number of aromatic nitrogens is 2. The van der Waals surface area contributed by atoms with Crippen molar-refractivity contribution in [3.05, 3.63) is 36.7 Å². The molecule has 3 rings (SSSR count). The minimum Gasteiger partial charge on any atom is -0.497 e. The van der Waals surface area contributed by atoms with E-state index in [2.05, 4.69) is 25.5 Å². The van der Waals surface area contributed by atoms with E-state index in [0.717, 1.165) is 18.9 Å². The molecule has 2 N–H and O–H groups in total. The Balaban J connectivity index is 1.63. The molecule has 1 aliphatic rings. The molecule has 126 valence electrons. The van der Waals surface area contributed by atoms with Crippen LogP contribution in [0.1, 0.15) is 0 Å². The van der Waals surface area contributed by atoms with Crippen molar-refractivity contribution in [3.63, 3.8) is 0 Å². The first kappa shape index (κ1) is 16.0. The average molecular weight is 329 g/mol. The van der Waals surface area contributed by atoms with Crippen LogP contribution < -0.4 is 20.3 Å². The number of morpholine rings is 1. The minimum absolute atomic E-state index is 0.380. The topological polar surface area (TPSA) is 88.6 Å². The predicted molar refractivity (Wildman–Crippen MR) is 90.7 cm³/mol. The number of nitrogens with one attached hydrogen (secondary N) is 2.